The van der Waals surface area contributed by atoms with Gasteiger partial charge < -0.3 is 15.5 Å². The highest BCUT2D eigenvalue weighted by molar-refractivity contribution is 14.0. The maximum atomic E-state index is 11.8. The van der Waals surface area contributed by atoms with E-state index in [0.29, 0.717) is 11.5 Å². The summed E-state index contributed by atoms with van der Waals surface area (Å²) in [4.78, 5) is 18.5. The van der Waals surface area contributed by atoms with Gasteiger partial charge in [-0.15, -0.1) is 24.0 Å². The van der Waals surface area contributed by atoms with Crippen molar-refractivity contribution < 1.29 is 4.79 Å². The minimum absolute atomic E-state index is 0. The molecule has 28 heavy (non-hydrogen) atoms. The number of halogens is 1. The molecule has 1 unspecified atom stereocenters. The molecule has 1 aliphatic heterocycles. The lowest BCUT2D eigenvalue weighted by Crippen LogP contribution is -2.40. The largest absolute Gasteiger partial charge is 0.356 e. The topological polar surface area (TPSA) is 74.6 Å². The van der Waals surface area contributed by atoms with Gasteiger partial charge in [0.25, 0.3) is 5.91 Å². The monoisotopic (exact) mass is 496 g/mol. The van der Waals surface area contributed by atoms with Crippen molar-refractivity contribution in [2.75, 3.05) is 33.7 Å². The van der Waals surface area contributed by atoms with E-state index in [1.54, 1.807) is 7.05 Å². The van der Waals surface area contributed by atoms with E-state index >= 15 is 0 Å². The predicted octanol–water partition coefficient (Wildman–Crippen LogP) is 2.01. The fraction of sp³-hybridized carbons (Fsp3) is 0.450. The zero-order valence-electron chi connectivity index (χ0n) is 16.7. The van der Waals surface area contributed by atoms with Gasteiger partial charge in [-0.05, 0) is 36.1 Å². The molecule has 1 aromatic heterocycles. The molecule has 8 heteroatoms. The molecule has 0 bridgehead atoms. The van der Waals surface area contributed by atoms with Gasteiger partial charge in [-0.2, -0.15) is 5.10 Å². The molecule has 1 aliphatic rings. The van der Waals surface area contributed by atoms with Crippen LogP contribution in [0.25, 0.3) is 0 Å². The zero-order valence-corrected chi connectivity index (χ0v) is 19.0. The number of hydrogen-bond donors (Lipinski definition) is 2. The Hall–Kier alpha value is -2.10. The van der Waals surface area contributed by atoms with Gasteiger partial charge in [0.05, 0.1) is 6.20 Å². The molecule has 1 atom stereocenters. The first-order valence-electron chi connectivity index (χ1n) is 9.36. The highest BCUT2D eigenvalue weighted by Gasteiger charge is 2.26. The molecule has 2 aromatic rings. The van der Waals surface area contributed by atoms with Gasteiger partial charge in [0.2, 0.25) is 0 Å². The Labute approximate surface area is 183 Å². The van der Waals surface area contributed by atoms with Crippen LogP contribution >= 0.6 is 24.0 Å². The predicted molar refractivity (Wildman–Crippen MR) is 122 cm³/mol. The number of guanidine groups is 1. The van der Waals surface area contributed by atoms with Gasteiger partial charge in [0.15, 0.2) is 5.96 Å². The summed E-state index contributed by atoms with van der Waals surface area (Å²) in [5.74, 6) is 1.38. The molecule has 1 amide bonds. The standard InChI is InChI=1S/C20H28N6O.HI/c1-21-19(27)16-6-4-5-15(11-16)7-9-23-20(22-2)26-10-8-17(14-26)18-12-24-25(3)13-18;/h4-6,11-13,17H,7-10,14H2,1-3H3,(H,21,27)(H,22,23);1H. The van der Waals surface area contributed by atoms with Crippen LogP contribution in [-0.2, 0) is 13.5 Å². The van der Waals surface area contributed by atoms with E-state index in [-0.39, 0.29) is 29.9 Å². The number of aromatic nitrogens is 2. The Morgan fingerprint density at radius 2 is 2.21 bits per heavy atom. The second kappa shape index (κ2) is 10.4. The highest BCUT2D eigenvalue weighted by Crippen LogP contribution is 2.26. The average molecular weight is 496 g/mol. The van der Waals surface area contributed by atoms with E-state index in [2.05, 4.69) is 31.8 Å². The normalized spacial score (nSPS) is 16.6. The molecule has 152 valence electrons. The van der Waals surface area contributed by atoms with Crippen LogP contribution in [0.15, 0.2) is 41.7 Å². The minimum Gasteiger partial charge on any atom is -0.356 e. The fourth-order valence-corrected chi connectivity index (χ4v) is 3.54. The summed E-state index contributed by atoms with van der Waals surface area (Å²) < 4.78 is 1.86. The maximum Gasteiger partial charge on any atom is 0.251 e. The number of likely N-dealkylation sites (tertiary alicyclic amines) is 1. The van der Waals surface area contributed by atoms with E-state index in [0.717, 1.165) is 44.0 Å². The third-order valence-corrected chi connectivity index (χ3v) is 5.01. The molecule has 1 aromatic carbocycles. The number of rotatable bonds is 5. The quantitative estimate of drug-likeness (QED) is 0.378. The van der Waals surface area contributed by atoms with Crippen molar-refractivity contribution in [3.8, 4) is 0 Å². The van der Waals surface area contributed by atoms with Crippen LogP contribution in [0.3, 0.4) is 0 Å². The molecule has 7 nitrogen and oxygen atoms in total. The van der Waals surface area contributed by atoms with Gasteiger partial charge in [-0.25, -0.2) is 0 Å². The summed E-state index contributed by atoms with van der Waals surface area (Å²) in [5.41, 5.74) is 3.12. The summed E-state index contributed by atoms with van der Waals surface area (Å²) in [6.07, 6.45) is 6.01. The highest BCUT2D eigenvalue weighted by atomic mass is 127. The number of benzene rings is 1. The Bertz CT molecular complexity index is 819. The molecule has 1 fully saturated rings. The van der Waals surface area contributed by atoms with Gasteiger partial charge in [0.1, 0.15) is 0 Å². The van der Waals surface area contributed by atoms with Crippen LogP contribution in [-0.4, -0.2) is 60.3 Å². The number of amides is 1. The number of aryl methyl sites for hydroxylation is 1. The molecule has 0 spiro atoms. The lowest BCUT2D eigenvalue weighted by Gasteiger charge is -2.21. The van der Waals surface area contributed by atoms with Crippen molar-refractivity contribution in [3.05, 3.63) is 53.3 Å². The van der Waals surface area contributed by atoms with E-state index in [1.165, 1.54) is 5.56 Å². The Balaban J connectivity index is 0.00000280. The van der Waals surface area contributed by atoms with E-state index < -0.39 is 0 Å². The maximum absolute atomic E-state index is 11.8. The second-order valence-corrected chi connectivity index (χ2v) is 6.88. The molecule has 2 heterocycles. The van der Waals surface area contributed by atoms with Crippen molar-refractivity contribution in [1.29, 1.82) is 0 Å². The summed E-state index contributed by atoms with van der Waals surface area (Å²) >= 11 is 0. The van der Waals surface area contributed by atoms with Crippen molar-refractivity contribution in [3.63, 3.8) is 0 Å². The van der Waals surface area contributed by atoms with Crippen molar-refractivity contribution >= 4 is 35.8 Å². The summed E-state index contributed by atoms with van der Waals surface area (Å²) in [7, 11) is 5.43. The zero-order chi connectivity index (χ0) is 19.2. The van der Waals surface area contributed by atoms with Crippen LogP contribution in [0, 0.1) is 0 Å². The Morgan fingerprint density at radius 1 is 1.39 bits per heavy atom. The smallest absolute Gasteiger partial charge is 0.251 e. The van der Waals surface area contributed by atoms with Gasteiger partial charge >= 0.3 is 0 Å². The second-order valence-electron chi connectivity index (χ2n) is 6.88. The first-order chi connectivity index (χ1) is 13.1. The molecular formula is C20H29IN6O. The lowest BCUT2D eigenvalue weighted by atomic mass is 10.0. The first kappa shape index (κ1) is 22.2. The lowest BCUT2D eigenvalue weighted by molar-refractivity contribution is 0.0963. The first-order valence-corrected chi connectivity index (χ1v) is 9.36. The van der Waals surface area contributed by atoms with Crippen molar-refractivity contribution in [1.82, 2.24) is 25.3 Å². The Morgan fingerprint density at radius 3 is 2.89 bits per heavy atom. The van der Waals surface area contributed by atoms with E-state index in [9.17, 15) is 4.79 Å². The van der Waals surface area contributed by atoms with Crippen LogP contribution in [0.1, 0.15) is 33.8 Å². The number of carbonyl (C=O) groups is 1. The third kappa shape index (κ3) is 5.46. The fourth-order valence-electron chi connectivity index (χ4n) is 3.54. The van der Waals surface area contributed by atoms with Gasteiger partial charge in [0, 0.05) is 58.5 Å². The number of nitrogens with one attached hydrogen (secondary N) is 2. The summed E-state index contributed by atoms with van der Waals surface area (Å²) in [5, 5.41) is 10.4. The molecule has 3 rings (SSSR count). The molecule has 0 aliphatic carbocycles. The van der Waals surface area contributed by atoms with Gasteiger partial charge in [-0.3, -0.25) is 14.5 Å². The molecule has 0 radical (unpaired) electrons. The number of nitrogens with zero attached hydrogens (tertiary/aromatic N) is 4. The average Bonchev–Trinajstić information content (AvgIpc) is 3.34. The number of aliphatic imine (C=N–C) groups is 1. The number of carbonyl (C=O) groups excluding carboxylic acids is 1. The van der Waals surface area contributed by atoms with Crippen LogP contribution < -0.4 is 10.6 Å². The SMILES string of the molecule is CN=C(NCCc1cccc(C(=O)NC)c1)N1CCC(c2cnn(C)c2)C1.I. The van der Waals surface area contributed by atoms with Crippen LogP contribution in [0.4, 0.5) is 0 Å². The van der Waals surface area contributed by atoms with Gasteiger partial charge in [-0.1, -0.05) is 12.1 Å². The summed E-state index contributed by atoms with van der Waals surface area (Å²) in [6.45, 7) is 2.72. The number of hydrogen-bond acceptors (Lipinski definition) is 3. The van der Waals surface area contributed by atoms with Crippen molar-refractivity contribution in [2.24, 2.45) is 12.0 Å². The molecular weight excluding hydrogens is 467 g/mol. The van der Waals surface area contributed by atoms with E-state index in [4.69, 9.17) is 0 Å². The van der Waals surface area contributed by atoms with Crippen LogP contribution in [0.2, 0.25) is 0 Å². The third-order valence-electron chi connectivity index (χ3n) is 5.01. The van der Waals surface area contributed by atoms with E-state index in [1.807, 2.05) is 49.2 Å². The molecule has 1 saturated heterocycles. The van der Waals surface area contributed by atoms with Crippen LogP contribution in [0.5, 0.6) is 0 Å². The summed E-state index contributed by atoms with van der Waals surface area (Å²) in [6, 6.07) is 7.74. The molecule has 2 N–H and O–H groups in total. The molecule has 0 saturated carbocycles. The Kier molecular flexibility index (Phi) is 8.28. The van der Waals surface area contributed by atoms with Crippen molar-refractivity contribution in [2.45, 2.75) is 18.8 Å². The minimum atomic E-state index is -0.0564.